The summed E-state index contributed by atoms with van der Waals surface area (Å²) in [5.74, 6) is 0.682. The molecule has 3 rings (SSSR count). The molecule has 0 amide bonds. The third-order valence-corrected chi connectivity index (χ3v) is 5.08. The fourth-order valence-electron chi connectivity index (χ4n) is 3.79. The first kappa shape index (κ1) is 12.5. The lowest BCUT2D eigenvalue weighted by Gasteiger charge is -2.53. The molecule has 1 heterocycles. The third kappa shape index (κ3) is 1.75. The van der Waals surface area contributed by atoms with Gasteiger partial charge in [0.1, 0.15) is 0 Å². The fourth-order valence-corrected chi connectivity index (χ4v) is 3.79. The zero-order valence-corrected chi connectivity index (χ0v) is 11.9. The van der Waals surface area contributed by atoms with E-state index in [-0.39, 0.29) is 11.0 Å². The molecule has 1 saturated carbocycles. The Labute approximate surface area is 115 Å². The minimum Gasteiger partial charge on any atom is -0.369 e. The molecule has 1 spiro atoms. The highest BCUT2D eigenvalue weighted by atomic mass is 15.4. The van der Waals surface area contributed by atoms with Gasteiger partial charge in [-0.1, -0.05) is 44.9 Å². The first-order valence-corrected chi connectivity index (χ1v) is 7.22. The number of anilines is 1. The number of nitrogens with zero attached hydrogens (tertiary/aromatic N) is 2. The van der Waals surface area contributed by atoms with Crippen molar-refractivity contribution in [2.75, 3.05) is 11.4 Å². The van der Waals surface area contributed by atoms with Crippen molar-refractivity contribution in [3.63, 3.8) is 0 Å². The van der Waals surface area contributed by atoms with Crippen molar-refractivity contribution in [1.29, 1.82) is 0 Å². The van der Waals surface area contributed by atoms with E-state index in [0.717, 1.165) is 6.54 Å². The highest BCUT2D eigenvalue weighted by molar-refractivity contribution is 5.98. The highest BCUT2D eigenvalue weighted by Crippen LogP contribution is 2.50. The average molecular weight is 257 g/mol. The molecule has 1 aromatic carbocycles. The van der Waals surface area contributed by atoms with Gasteiger partial charge in [0, 0.05) is 5.69 Å². The highest BCUT2D eigenvalue weighted by Gasteiger charge is 2.54. The number of aliphatic imine (C=N–C) groups is 1. The van der Waals surface area contributed by atoms with Crippen molar-refractivity contribution in [1.82, 2.24) is 0 Å². The van der Waals surface area contributed by atoms with E-state index in [9.17, 15) is 0 Å². The number of guanidine groups is 1. The molecule has 1 unspecified atom stereocenters. The largest absolute Gasteiger partial charge is 0.369 e. The van der Waals surface area contributed by atoms with Crippen LogP contribution in [0.5, 0.6) is 0 Å². The zero-order valence-electron chi connectivity index (χ0n) is 11.9. The van der Waals surface area contributed by atoms with E-state index in [4.69, 9.17) is 5.73 Å². The Balaban J connectivity index is 2.07. The summed E-state index contributed by atoms with van der Waals surface area (Å²) in [5.41, 5.74) is 7.70. The van der Waals surface area contributed by atoms with Crippen LogP contribution in [0.2, 0.25) is 0 Å². The molecule has 2 N–H and O–H groups in total. The van der Waals surface area contributed by atoms with E-state index in [0.29, 0.717) is 5.96 Å². The maximum absolute atomic E-state index is 6.21. The molecule has 0 saturated heterocycles. The summed E-state index contributed by atoms with van der Waals surface area (Å²) in [6, 6.07) is 10.5. The van der Waals surface area contributed by atoms with Crippen LogP contribution in [0.3, 0.4) is 0 Å². The molecule has 0 radical (unpaired) electrons. The molecule has 3 heteroatoms. The molecule has 19 heavy (non-hydrogen) atoms. The molecule has 1 atom stereocenters. The SMILES string of the molecule is CC1(C)CCCCC12CN=C(N)N2c1ccccc1. The Morgan fingerprint density at radius 2 is 1.79 bits per heavy atom. The molecule has 1 aliphatic heterocycles. The Morgan fingerprint density at radius 1 is 1.11 bits per heavy atom. The number of hydrogen-bond acceptors (Lipinski definition) is 3. The minimum atomic E-state index is 0.0662. The summed E-state index contributed by atoms with van der Waals surface area (Å²) in [6.45, 7) is 5.58. The first-order valence-electron chi connectivity index (χ1n) is 7.22. The Hall–Kier alpha value is -1.51. The van der Waals surface area contributed by atoms with Crippen LogP contribution in [0.4, 0.5) is 5.69 Å². The van der Waals surface area contributed by atoms with Crippen LogP contribution in [-0.4, -0.2) is 18.0 Å². The molecule has 1 fully saturated rings. The van der Waals surface area contributed by atoms with Crippen molar-refractivity contribution in [3.8, 4) is 0 Å². The van der Waals surface area contributed by atoms with Gasteiger partial charge in [-0.2, -0.15) is 0 Å². The Kier molecular flexibility index (Phi) is 2.80. The van der Waals surface area contributed by atoms with Gasteiger partial charge < -0.3 is 10.6 Å². The fraction of sp³-hybridized carbons (Fsp3) is 0.562. The van der Waals surface area contributed by atoms with Gasteiger partial charge in [-0.15, -0.1) is 0 Å². The van der Waals surface area contributed by atoms with Crippen LogP contribution in [-0.2, 0) is 0 Å². The second-order valence-electron chi connectivity index (χ2n) is 6.47. The van der Waals surface area contributed by atoms with Crippen molar-refractivity contribution >= 4 is 11.6 Å². The molecule has 1 aliphatic carbocycles. The molecule has 0 aromatic heterocycles. The van der Waals surface area contributed by atoms with Gasteiger partial charge in [0.05, 0.1) is 12.1 Å². The minimum absolute atomic E-state index is 0.0662. The second-order valence-corrected chi connectivity index (χ2v) is 6.47. The first-order chi connectivity index (χ1) is 9.07. The maximum atomic E-state index is 6.21. The van der Waals surface area contributed by atoms with Gasteiger partial charge in [0.25, 0.3) is 0 Å². The molecular weight excluding hydrogens is 234 g/mol. The molecule has 2 aliphatic rings. The predicted octanol–water partition coefficient (Wildman–Crippen LogP) is 3.16. The normalized spacial score (nSPS) is 29.6. The number of nitrogens with two attached hydrogens (primary N) is 1. The Bertz CT molecular complexity index is 492. The lowest BCUT2D eigenvalue weighted by Crippen LogP contribution is -2.61. The lowest BCUT2D eigenvalue weighted by atomic mass is 9.62. The summed E-state index contributed by atoms with van der Waals surface area (Å²) < 4.78 is 0. The van der Waals surface area contributed by atoms with Crippen LogP contribution in [0.25, 0.3) is 0 Å². The van der Waals surface area contributed by atoms with Gasteiger partial charge in [0.15, 0.2) is 5.96 Å². The third-order valence-electron chi connectivity index (χ3n) is 5.08. The number of benzene rings is 1. The lowest BCUT2D eigenvalue weighted by molar-refractivity contribution is 0.115. The van der Waals surface area contributed by atoms with E-state index in [2.05, 4.69) is 48.0 Å². The summed E-state index contributed by atoms with van der Waals surface area (Å²) in [5, 5.41) is 0. The van der Waals surface area contributed by atoms with E-state index < -0.39 is 0 Å². The van der Waals surface area contributed by atoms with Gasteiger partial charge >= 0.3 is 0 Å². The summed E-state index contributed by atoms with van der Waals surface area (Å²) in [7, 11) is 0. The predicted molar refractivity (Wildman–Crippen MR) is 80.4 cm³/mol. The van der Waals surface area contributed by atoms with Crippen LogP contribution in [0.15, 0.2) is 35.3 Å². The van der Waals surface area contributed by atoms with E-state index in [1.54, 1.807) is 0 Å². The molecular formula is C16H23N3. The van der Waals surface area contributed by atoms with E-state index >= 15 is 0 Å². The topological polar surface area (TPSA) is 41.6 Å². The Morgan fingerprint density at radius 3 is 2.47 bits per heavy atom. The van der Waals surface area contributed by atoms with Crippen molar-refractivity contribution < 1.29 is 0 Å². The zero-order chi connectivity index (χ0) is 13.5. The summed E-state index contributed by atoms with van der Waals surface area (Å²) in [4.78, 5) is 6.88. The second kappa shape index (κ2) is 4.26. The van der Waals surface area contributed by atoms with Crippen molar-refractivity contribution in [3.05, 3.63) is 30.3 Å². The summed E-state index contributed by atoms with van der Waals surface area (Å²) >= 11 is 0. The summed E-state index contributed by atoms with van der Waals surface area (Å²) in [6.07, 6.45) is 5.02. The van der Waals surface area contributed by atoms with Gasteiger partial charge in [-0.3, -0.25) is 4.99 Å². The van der Waals surface area contributed by atoms with E-state index in [1.807, 2.05) is 6.07 Å². The van der Waals surface area contributed by atoms with Gasteiger partial charge in [-0.25, -0.2) is 0 Å². The van der Waals surface area contributed by atoms with Crippen LogP contribution in [0, 0.1) is 5.41 Å². The molecule has 1 aromatic rings. The van der Waals surface area contributed by atoms with Crippen molar-refractivity contribution in [2.45, 2.75) is 45.1 Å². The average Bonchev–Trinajstić information content (AvgIpc) is 2.73. The van der Waals surface area contributed by atoms with Gasteiger partial charge in [0.2, 0.25) is 0 Å². The standard InChI is InChI=1S/C16H23N3/c1-15(2)10-6-7-11-16(15)12-18-14(17)19(16)13-8-4-3-5-9-13/h3-5,8-9H,6-7,10-12H2,1-2H3,(H2,17,18). The molecule has 102 valence electrons. The van der Waals surface area contributed by atoms with Crippen molar-refractivity contribution in [2.24, 2.45) is 16.1 Å². The number of para-hydroxylation sites is 1. The number of hydrogen-bond donors (Lipinski definition) is 1. The molecule has 0 bridgehead atoms. The number of rotatable bonds is 1. The van der Waals surface area contributed by atoms with Gasteiger partial charge in [-0.05, 0) is 30.4 Å². The van der Waals surface area contributed by atoms with Crippen LogP contribution < -0.4 is 10.6 Å². The smallest absolute Gasteiger partial charge is 0.196 e. The maximum Gasteiger partial charge on any atom is 0.196 e. The quantitative estimate of drug-likeness (QED) is 0.839. The van der Waals surface area contributed by atoms with Crippen LogP contribution >= 0.6 is 0 Å². The molecule has 3 nitrogen and oxygen atoms in total. The van der Waals surface area contributed by atoms with E-state index in [1.165, 1.54) is 31.4 Å². The monoisotopic (exact) mass is 257 g/mol. The van der Waals surface area contributed by atoms with Crippen LogP contribution in [0.1, 0.15) is 39.5 Å².